The van der Waals surface area contributed by atoms with E-state index in [4.69, 9.17) is 12.6 Å². The van der Waals surface area contributed by atoms with Crippen molar-refractivity contribution in [1.29, 1.82) is 0 Å². The van der Waals surface area contributed by atoms with Gasteiger partial charge >= 0.3 is 6.01 Å². The van der Waals surface area contributed by atoms with E-state index in [0.29, 0.717) is 35.6 Å². The van der Waals surface area contributed by atoms with Gasteiger partial charge in [0, 0.05) is 23.6 Å². The summed E-state index contributed by atoms with van der Waals surface area (Å²) < 4.78 is 37.3. The number of halogens is 2. The average molecular weight is 574 g/mol. The number of ether oxygens (including phenoxy) is 1. The minimum absolute atomic E-state index is 0.00334. The van der Waals surface area contributed by atoms with Crippen LogP contribution in [0.4, 0.5) is 8.78 Å². The maximum Gasteiger partial charge on any atom is 0.319 e. The van der Waals surface area contributed by atoms with Crippen molar-refractivity contribution in [1.82, 2.24) is 19.9 Å². The number of aromatic hydroxyl groups is 1. The van der Waals surface area contributed by atoms with Gasteiger partial charge in [0.15, 0.2) is 19.3 Å². The molecule has 8 nitrogen and oxygen atoms in total. The summed E-state index contributed by atoms with van der Waals surface area (Å²) in [5, 5.41) is 33.8. The summed E-state index contributed by atoms with van der Waals surface area (Å²) in [4.78, 5) is 15.3. The molecule has 2 fully saturated rings. The second-order valence-electron chi connectivity index (χ2n) is 12.1. The molecule has 0 bridgehead atoms. The number of hydrogen-bond donors (Lipinski definition) is 3. The van der Waals surface area contributed by atoms with Crippen LogP contribution < -0.4 is 4.74 Å². The first kappa shape index (κ1) is 28.7. The summed E-state index contributed by atoms with van der Waals surface area (Å²) in [5.41, 5.74) is -3.69. The lowest BCUT2D eigenvalue weighted by atomic mass is 9.73. The lowest BCUT2D eigenvalue weighted by molar-refractivity contribution is -0.155. The van der Waals surface area contributed by atoms with E-state index in [2.05, 4.69) is 19.9 Å². The van der Waals surface area contributed by atoms with Crippen molar-refractivity contribution < 1.29 is 28.8 Å². The Morgan fingerprint density at radius 1 is 1.10 bits per heavy atom. The number of hydrogen-bond acceptors (Lipinski definition) is 8. The highest BCUT2D eigenvalue weighted by Gasteiger charge is 2.57. The van der Waals surface area contributed by atoms with Gasteiger partial charge in [0.25, 0.3) is 0 Å². The number of fused-ring (bicyclic) bond motifs is 3. The van der Waals surface area contributed by atoms with Crippen LogP contribution in [0, 0.1) is 11.6 Å². The molecule has 4 heterocycles. The third kappa shape index (κ3) is 4.67. The van der Waals surface area contributed by atoms with Crippen LogP contribution in [0.3, 0.4) is 0 Å². The number of phenols is 1. The third-order valence-corrected chi connectivity index (χ3v) is 8.66. The summed E-state index contributed by atoms with van der Waals surface area (Å²) in [7, 11) is 6.43. The van der Waals surface area contributed by atoms with E-state index in [9.17, 15) is 19.7 Å². The van der Waals surface area contributed by atoms with Crippen molar-refractivity contribution in [3.8, 4) is 23.0 Å². The minimum Gasteiger partial charge on any atom is -0.508 e. The van der Waals surface area contributed by atoms with Crippen molar-refractivity contribution in [3.63, 3.8) is 0 Å². The van der Waals surface area contributed by atoms with E-state index in [1.807, 2.05) is 0 Å². The Morgan fingerprint density at radius 2 is 1.81 bits per heavy atom. The molecule has 42 heavy (non-hydrogen) atoms. The molecule has 2 aliphatic rings. The summed E-state index contributed by atoms with van der Waals surface area (Å²) in [5.74, 6) is -1.43. The van der Waals surface area contributed by atoms with Crippen LogP contribution in [0.5, 0.6) is 11.8 Å². The topological polar surface area (TPSA) is 112 Å². The second-order valence-corrected chi connectivity index (χ2v) is 12.1. The maximum absolute atomic E-state index is 16.5. The lowest BCUT2D eigenvalue weighted by Crippen LogP contribution is -2.62. The Kier molecular flexibility index (Phi) is 6.90. The van der Waals surface area contributed by atoms with Gasteiger partial charge in [-0.1, -0.05) is 13.0 Å². The quantitative estimate of drug-likeness (QED) is 0.218. The van der Waals surface area contributed by atoms with Crippen LogP contribution >= 0.6 is 0 Å². The lowest BCUT2D eigenvalue weighted by Gasteiger charge is -2.44. The van der Waals surface area contributed by atoms with E-state index in [1.54, 1.807) is 20.8 Å². The van der Waals surface area contributed by atoms with Gasteiger partial charge in [0.1, 0.15) is 22.8 Å². The van der Waals surface area contributed by atoms with Gasteiger partial charge < -0.3 is 20.1 Å². The molecule has 1 unspecified atom stereocenters. The Labute approximate surface area is 243 Å². The highest BCUT2D eigenvalue weighted by molar-refractivity contribution is 6.14. The van der Waals surface area contributed by atoms with Gasteiger partial charge in [-0.15, -0.1) is 0 Å². The molecule has 2 aliphatic heterocycles. The van der Waals surface area contributed by atoms with E-state index >= 15 is 4.39 Å². The van der Waals surface area contributed by atoms with E-state index < -0.39 is 28.5 Å². The van der Waals surface area contributed by atoms with Crippen LogP contribution in [-0.4, -0.2) is 72.9 Å². The zero-order valence-electron chi connectivity index (χ0n) is 23.9. The molecule has 1 atom stereocenters. The predicted octanol–water partition coefficient (Wildman–Crippen LogP) is 4.53. The number of aliphatic hydroxyl groups is 2. The van der Waals surface area contributed by atoms with Crippen molar-refractivity contribution in [2.45, 2.75) is 76.1 Å². The molecule has 2 aromatic carbocycles. The molecule has 0 aliphatic carbocycles. The van der Waals surface area contributed by atoms with Crippen molar-refractivity contribution in [3.05, 3.63) is 53.4 Å². The van der Waals surface area contributed by atoms with Gasteiger partial charge in [-0.3, -0.25) is 9.88 Å². The Bertz CT molecular complexity index is 1700. The number of pyridine rings is 1. The molecule has 2 radical (unpaired) electrons. The molecule has 2 saturated heterocycles. The number of rotatable bonds is 7. The van der Waals surface area contributed by atoms with Gasteiger partial charge in [0.05, 0.1) is 16.8 Å². The van der Waals surface area contributed by atoms with E-state index in [1.165, 1.54) is 30.5 Å². The molecule has 4 aromatic rings. The fraction of sp³-hybridized carbons (Fsp3) is 0.452. The molecule has 0 saturated carbocycles. The standard InChI is InChI=1S/C31H33BF2N4O4/c1-4-19-22(33)8-7-17-13-18(39)14-20(24(17)19)26-25(34)27-21(16-35-26)23(15-29(2,3)40)36-28(37-27)42-31(32,41)30-9-5-11-38(30)12-6-10-30/h7-8,13-14,16,39-41H,4-6,9-12,15H2,1-3H3. The monoisotopic (exact) mass is 574 g/mol. The Hall–Kier alpha value is -3.41. The molecule has 218 valence electrons. The summed E-state index contributed by atoms with van der Waals surface area (Å²) in [6.07, 6.45) is 4.70. The number of nitrogens with zero attached hydrogens (tertiary/aromatic N) is 4. The summed E-state index contributed by atoms with van der Waals surface area (Å²) in [6, 6.07) is 5.34. The summed E-state index contributed by atoms with van der Waals surface area (Å²) in [6.45, 7) is 6.54. The van der Waals surface area contributed by atoms with E-state index in [-0.39, 0.29) is 46.0 Å². The predicted molar refractivity (Wildman–Crippen MR) is 155 cm³/mol. The maximum atomic E-state index is 16.5. The molecule has 11 heteroatoms. The van der Waals surface area contributed by atoms with Gasteiger partial charge in [0.2, 0.25) is 0 Å². The number of benzene rings is 2. The van der Waals surface area contributed by atoms with Crippen LogP contribution in [0.2, 0.25) is 0 Å². The molecule has 2 aromatic heterocycles. The number of aromatic nitrogens is 3. The van der Waals surface area contributed by atoms with Crippen LogP contribution in [-0.2, 0) is 12.8 Å². The van der Waals surface area contributed by atoms with Crippen molar-refractivity contribution >= 4 is 29.5 Å². The molecule has 0 amide bonds. The SMILES string of the molecule is [B]C(O)(Oc1nc(CC(C)(C)O)c2cnc(-c3cc(O)cc4ccc(F)c(CC)c34)c(F)c2n1)C12CCCN1CCC2. The molecular weight excluding hydrogens is 541 g/mol. The van der Waals surface area contributed by atoms with Crippen LogP contribution in [0.25, 0.3) is 32.9 Å². The molecule has 6 rings (SSSR count). The Morgan fingerprint density at radius 3 is 2.48 bits per heavy atom. The van der Waals surface area contributed by atoms with Gasteiger partial charge in [-0.05, 0) is 93.6 Å². The summed E-state index contributed by atoms with van der Waals surface area (Å²) >= 11 is 0. The molecular formula is C31H33BF2N4O4. The highest BCUT2D eigenvalue weighted by atomic mass is 19.1. The molecule has 0 spiro atoms. The zero-order valence-corrected chi connectivity index (χ0v) is 23.9. The third-order valence-electron chi connectivity index (χ3n) is 8.66. The largest absolute Gasteiger partial charge is 0.508 e. The molecule has 3 N–H and O–H groups in total. The average Bonchev–Trinajstić information content (AvgIpc) is 3.51. The van der Waals surface area contributed by atoms with Crippen LogP contribution in [0.1, 0.15) is 57.7 Å². The zero-order chi connectivity index (χ0) is 30.0. The first-order chi connectivity index (χ1) is 19.8. The van der Waals surface area contributed by atoms with E-state index in [0.717, 1.165) is 25.9 Å². The Balaban J connectivity index is 1.55. The number of phenolic OH excluding ortho intramolecular Hbond substituents is 1. The van der Waals surface area contributed by atoms with Crippen molar-refractivity contribution in [2.75, 3.05) is 13.1 Å². The second kappa shape index (κ2) is 10.1. The minimum atomic E-state index is -2.15. The normalized spacial score (nSPS) is 18.5. The smallest absolute Gasteiger partial charge is 0.319 e. The fourth-order valence-electron chi connectivity index (χ4n) is 6.83. The van der Waals surface area contributed by atoms with Crippen molar-refractivity contribution in [2.24, 2.45) is 0 Å². The number of aryl methyl sites for hydroxylation is 1. The van der Waals surface area contributed by atoms with Gasteiger partial charge in [-0.25, -0.2) is 8.78 Å². The van der Waals surface area contributed by atoms with Gasteiger partial charge in [-0.2, -0.15) is 9.97 Å². The first-order valence-corrected chi connectivity index (χ1v) is 14.3. The highest BCUT2D eigenvalue weighted by Crippen LogP contribution is 2.46. The first-order valence-electron chi connectivity index (χ1n) is 14.3. The van der Waals surface area contributed by atoms with Crippen LogP contribution in [0.15, 0.2) is 30.5 Å². The fourth-order valence-corrected chi connectivity index (χ4v) is 6.83.